The zero-order valence-electron chi connectivity index (χ0n) is 18.4. The van der Waals surface area contributed by atoms with E-state index in [0.29, 0.717) is 11.6 Å². The van der Waals surface area contributed by atoms with Gasteiger partial charge in [-0.25, -0.2) is 4.39 Å². The van der Waals surface area contributed by atoms with Gasteiger partial charge in [-0.05, 0) is 29.8 Å². The Morgan fingerprint density at radius 1 is 0.972 bits per heavy atom. The first kappa shape index (κ1) is 28.7. The first-order valence-electron chi connectivity index (χ1n) is 10.3. The van der Waals surface area contributed by atoms with Gasteiger partial charge < -0.3 is 25.2 Å². The lowest BCUT2D eigenvalue weighted by atomic mass is 10.0. The van der Waals surface area contributed by atoms with Crippen molar-refractivity contribution in [3.8, 4) is 11.5 Å². The third-order valence-corrected chi connectivity index (χ3v) is 4.47. The van der Waals surface area contributed by atoms with Crippen LogP contribution in [0.3, 0.4) is 0 Å². The largest absolute Gasteiger partial charge is 0.573 e. The average Bonchev–Trinajstić information content (AvgIpc) is 2.76. The van der Waals surface area contributed by atoms with Crippen LogP contribution in [0.5, 0.6) is 11.5 Å². The predicted molar refractivity (Wildman–Crippen MR) is 111 cm³/mol. The van der Waals surface area contributed by atoms with Gasteiger partial charge in [0.25, 0.3) is 5.91 Å². The van der Waals surface area contributed by atoms with Gasteiger partial charge in [0.1, 0.15) is 23.4 Å². The molecule has 0 radical (unpaired) electrons. The number of carbonyl (C=O) groups is 2. The van der Waals surface area contributed by atoms with Gasteiger partial charge in [-0.2, -0.15) is 13.2 Å². The second-order valence-corrected chi connectivity index (χ2v) is 7.29. The molecule has 0 saturated carbocycles. The number of hydrogen-bond acceptors (Lipinski definition) is 5. The standard InChI is InChI=1S/C22H21F7N2O5/c23-17-12-15(35-10-7-21(24,25)26)5-6-16(17)19(33)31-18(20(34)30-8-9-32)11-13-1-3-14(4-2-13)36-22(27,28)29/h1-6,12,18,32H,7-11H2,(H,30,34)(H,31,33). The van der Waals surface area contributed by atoms with Crippen molar-refractivity contribution in [2.45, 2.75) is 31.4 Å². The van der Waals surface area contributed by atoms with Crippen molar-refractivity contribution < 1.29 is 54.9 Å². The molecule has 0 saturated heterocycles. The van der Waals surface area contributed by atoms with Crippen molar-refractivity contribution in [3.05, 3.63) is 59.4 Å². The van der Waals surface area contributed by atoms with Crippen LogP contribution in [0.2, 0.25) is 0 Å². The topological polar surface area (TPSA) is 96.9 Å². The van der Waals surface area contributed by atoms with Crippen molar-refractivity contribution in [2.24, 2.45) is 0 Å². The summed E-state index contributed by atoms with van der Waals surface area (Å²) in [5, 5.41) is 13.5. The summed E-state index contributed by atoms with van der Waals surface area (Å²) in [5.74, 6) is -3.68. The highest BCUT2D eigenvalue weighted by molar-refractivity contribution is 5.98. The van der Waals surface area contributed by atoms with Crippen molar-refractivity contribution in [1.82, 2.24) is 10.6 Å². The number of aliphatic hydroxyl groups is 1. The van der Waals surface area contributed by atoms with E-state index in [-0.39, 0.29) is 18.7 Å². The lowest BCUT2D eigenvalue weighted by Gasteiger charge is -2.19. The van der Waals surface area contributed by atoms with Crippen LogP contribution in [0.1, 0.15) is 22.3 Å². The summed E-state index contributed by atoms with van der Waals surface area (Å²) < 4.78 is 96.6. The minimum absolute atomic E-state index is 0.165. The Kier molecular flexibility index (Phi) is 9.90. The van der Waals surface area contributed by atoms with E-state index in [1.807, 2.05) is 0 Å². The van der Waals surface area contributed by atoms with Crippen LogP contribution in [-0.2, 0) is 11.2 Å². The fraction of sp³-hybridized carbons (Fsp3) is 0.364. The Balaban J connectivity index is 2.11. The smallest absolute Gasteiger partial charge is 0.493 e. The van der Waals surface area contributed by atoms with Crippen LogP contribution in [0.25, 0.3) is 0 Å². The molecule has 0 aliphatic rings. The van der Waals surface area contributed by atoms with Gasteiger partial charge in [0.2, 0.25) is 5.91 Å². The molecule has 2 aromatic rings. The first-order chi connectivity index (χ1) is 16.8. The molecule has 36 heavy (non-hydrogen) atoms. The van der Waals surface area contributed by atoms with E-state index in [9.17, 15) is 40.3 Å². The number of alkyl halides is 6. The minimum atomic E-state index is -4.90. The molecular weight excluding hydrogens is 505 g/mol. The maximum absolute atomic E-state index is 14.4. The quantitative estimate of drug-likeness (QED) is 0.390. The number of ether oxygens (including phenoxy) is 2. The molecule has 0 aromatic heterocycles. The van der Waals surface area contributed by atoms with E-state index >= 15 is 0 Å². The van der Waals surface area contributed by atoms with Crippen LogP contribution in [0.4, 0.5) is 30.7 Å². The minimum Gasteiger partial charge on any atom is -0.493 e. The molecule has 2 rings (SSSR count). The van der Waals surface area contributed by atoms with Crippen LogP contribution in [0, 0.1) is 5.82 Å². The van der Waals surface area contributed by atoms with Crippen LogP contribution >= 0.6 is 0 Å². The average molecular weight is 526 g/mol. The molecule has 7 nitrogen and oxygen atoms in total. The number of hydrogen-bond donors (Lipinski definition) is 3. The Morgan fingerprint density at radius 2 is 1.61 bits per heavy atom. The fourth-order valence-corrected chi connectivity index (χ4v) is 2.86. The maximum atomic E-state index is 14.4. The number of carbonyl (C=O) groups excluding carboxylic acids is 2. The molecular formula is C22H21F7N2O5. The summed E-state index contributed by atoms with van der Waals surface area (Å²) >= 11 is 0. The zero-order chi connectivity index (χ0) is 26.9. The normalized spacial score (nSPS) is 12.6. The van der Waals surface area contributed by atoms with E-state index < -0.39 is 67.2 Å². The molecule has 2 amide bonds. The van der Waals surface area contributed by atoms with E-state index in [2.05, 4.69) is 15.4 Å². The molecule has 0 aliphatic carbocycles. The molecule has 0 spiro atoms. The summed E-state index contributed by atoms with van der Waals surface area (Å²) in [6.45, 7) is -1.34. The van der Waals surface area contributed by atoms with Gasteiger partial charge in [0.05, 0.1) is 25.2 Å². The molecule has 0 bridgehead atoms. The Bertz CT molecular complexity index is 1030. The van der Waals surface area contributed by atoms with Gasteiger partial charge in [-0.15, -0.1) is 13.2 Å². The number of amides is 2. The highest BCUT2D eigenvalue weighted by Gasteiger charge is 2.31. The Hall–Kier alpha value is -3.55. The third-order valence-electron chi connectivity index (χ3n) is 4.47. The lowest BCUT2D eigenvalue weighted by Crippen LogP contribution is -2.48. The summed E-state index contributed by atoms with van der Waals surface area (Å²) in [6, 6.07) is 5.90. The summed E-state index contributed by atoms with van der Waals surface area (Å²) in [6.07, 6.45) is -10.8. The van der Waals surface area contributed by atoms with Gasteiger partial charge in [0, 0.05) is 19.0 Å². The summed E-state index contributed by atoms with van der Waals surface area (Å²) in [7, 11) is 0. The monoisotopic (exact) mass is 526 g/mol. The highest BCUT2D eigenvalue weighted by atomic mass is 19.4. The van der Waals surface area contributed by atoms with Gasteiger partial charge >= 0.3 is 12.5 Å². The first-order valence-corrected chi connectivity index (χ1v) is 10.3. The second-order valence-electron chi connectivity index (χ2n) is 7.29. The molecule has 14 heteroatoms. The predicted octanol–water partition coefficient (Wildman–Crippen LogP) is 3.51. The molecule has 1 unspecified atom stereocenters. The number of aliphatic hydroxyl groups excluding tert-OH is 1. The Labute approximate surface area is 200 Å². The van der Waals surface area contributed by atoms with E-state index in [0.717, 1.165) is 24.3 Å². The van der Waals surface area contributed by atoms with E-state index in [1.54, 1.807) is 0 Å². The van der Waals surface area contributed by atoms with Crippen molar-refractivity contribution in [3.63, 3.8) is 0 Å². The fourth-order valence-electron chi connectivity index (χ4n) is 2.86. The number of nitrogens with one attached hydrogen (secondary N) is 2. The molecule has 0 fully saturated rings. The van der Waals surface area contributed by atoms with E-state index in [1.165, 1.54) is 12.1 Å². The van der Waals surface area contributed by atoms with Gasteiger partial charge in [0.15, 0.2) is 0 Å². The second kappa shape index (κ2) is 12.4. The number of benzene rings is 2. The Morgan fingerprint density at radius 3 is 2.17 bits per heavy atom. The highest BCUT2D eigenvalue weighted by Crippen LogP contribution is 2.24. The molecule has 198 valence electrons. The summed E-state index contributed by atoms with van der Waals surface area (Å²) in [4.78, 5) is 25.0. The van der Waals surface area contributed by atoms with Crippen molar-refractivity contribution in [1.29, 1.82) is 0 Å². The van der Waals surface area contributed by atoms with Crippen LogP contribution in [0.15, 0.2) is 42.5 Å². The van der Waals surface area contributed by atoms with Crippen LogP contribution < -0.4 is 20.1 Å². The molecule has 0 heterocycles. The maximum Gasteiger partial charge on any atom is 0.573 e. The summed E-state index contributed by atoms with van der Waals surface area (Å²) in [5.41, 5.74) is -0.213. The zero-order valence-corrected chi connectivity index (χ0v) is 18.4. The van der Waals surface area contributed by atoms with Crippen LogP contribution in [-0.4, -0.2) is 55.3 Å². The lowest BCUT2D eigenvalue weighted by molar-refractivity contribution is -0.274. The van der Waals surface area contributed by atoms with Gasteiger partial charge in [-0.3, -0.25) is 9.59 Å². The molecule has 0 aliphatic heterocycles. The molecule has 3 N–H and O–H groups in total. The van der Waals surface area contributed by atoms with Crippen molar-refractivity contribution >= 4 is 11.8 Å². The molecule has 2 aromatic carbocycles. The third kappa shape index (κ3) is 9.98. The number of rotatable bonds is 11. The number of halogens is 7. The SMILES string of the molecule is O=C(NC(Cc1ccc(OC(F)(F)F)cc1)C(=O)NCCO)c1ccc(OCCC(F)(F)F)cc1F. The van der Waals surface area contributed by atoms with E-state index in [4.69, 9.17) is 9.84 Å². The van der Waals surface area contributed by atoms with Gasteiger partial charge in [-0.1, -0.05) is 12.1 Å². The molecule has 1 atom stereocenters. The van der Waals surface area contributed by atoms with Crippen molar-refractivity contribution in [2.75, 3.05) is 19.8 Å².